The molecule has 0 atom stereocenters. The van der Waals surface area contributed by atoms with E-state index in [1.54, 1.807) is 31.2 Å². The van der Waals surface area contributed by atoms with Crippen molar-refractivity contribution in [2.45, 2.75) is 11.8 Å². The highest BCUT2D eigenvalue weighted by Gasteiger charge is 2.21. The number of nitrogens with zero attached hydrogens (tertiary/aromatic N) is 1. The minimum atomic E-state index is -3.46. The van der Waals surface area contributed by atoms with Crippen LogP contribution in [-0.2, 0) is 10.0 Å². The number of benzene rings is 1. The van der Waals surface area contributed by atoms with Crippen molar-refractivity contribution in [3.8, 4) is 11.8 Å². The standard InChI is InChI=1S/C11H12BrNO2S/c1-3-4-9-13(2)16(14,15)11-8-6-5-7-10(11)12/h5-8H,9H2,1-2H3. The molecule has 86 valence electrons. The highest BCUT2D eigenvalue weighted by atomic mass is 79.9. The monoisotopic (exact) mass is 301 g/mol. The summed E-state index contributed by atoms with van der Waals surface area (Å²) in [5, 5.41) is 0. The molecule has 0 aliphatic rings. The maximum Gasteiger partial charge on any atom is 0.244 e. The lowest BCUT2D eigenvalue weighted by Gasteiger charge is -2.15. The van der Waals surface area contributed by atoms with Gasteiger partial charge in [0.1, 0.15) is 0 Å². The van der Waals surface area contributed by atoms with E-state index in [0.29, 0.717) is 4.47 Å². The molecule has 0 radical (unpaired) electrons. The van der Waals surface area contributed by atoms with Gasteiger partial charge in [-0.3, -0.25) is 0 Å². The van der Waals surface area contributed by atoms with Crippen LogP contribution < -0.4 is 0 Å². The van der Waals surface area contributed by atoms with Gasteiger partial charge in [0.25, 0.3) is 0 Å². The molecule has 3 nitrogen and oxygen atoms in total. The molecular weight excluding hydrogens is 290 g/mol. The molecule has 0 aliphatic carbocycles. The van der Waals surface area contributed by atoms with Crippen LogP contribution in [0.5, 0.6) is 0 Å². The first-order valence-corrected chi connectivity index (χ1v) is 6.84. The molecule has 0 heterocycles. The van der Waals surface area contributed by atoms with E-state index in [1.807, 2.05) is 0 Å². The molecule has 5 heteroatoms. The molecule has 1 rings (SSSR count). The van der Waals surface area contributed by atoms with E-state index >= 15 is 0 Å². The van der Waals surface area contributed by atoms with Gasteiger partial charge in [0, 0.05) is 11.5 Å². The van der Waals surface area contributed by atoms with E-state index in [0.717, 1.165) is 0 Å². The minimum absolute atomic E-state index is 0.195. The second-order valence-corrected chi connectivity index (χ2v) is 5.99. The molecule has 0 aliphatic heterocycles. The third kappa shape index (κ3) is 2.85. The third-order valence-corrected chi connectivity index (χ3v) is 4.82. The highest BCUT2D eigenvalue weighted by molar-refractivity contribution is 9.10. The fraction of sp³-hybridized carbons (Fsp3) is 0.273. The van der Waals surface area contributed by atoms with Crippen LogP contribution in [0.3, 0.4) is 0 Å². The molecular formula is C11H12BrNO2S. The Morgan fingerprint density at radius 1 is 1.38 bits per heavy atom. The van der Waals surface area contributed by atoms with Crippen molar-refractivity contribution in [1.29, 1.82) is 0 Å². The van der Waals surface area contributed by atoms with Gasteiger partial charge in [0.15, 0.2) is 0 Å². The van der Waals surface area contributed by atoms with Crippen LogP contribution in [0.4, 0.5) is 0 Å². The van der Waals surface area contributed by atoms with Gasteiger partial charge in [0.2, 0.25) is 10.0 Å². The summed E-state index contributed by atoms with van der Waals surface area (Å²) in [6.07, 6.45) is 0. The van der Waals surface area contributed by atoms with Crippen molar-refractivity contribution in [2.24, 2.45) is 0 Å². The summed E-state index contributed by atoms with van der Waals surface area (Å²) in [6.45, 7) is 1.87. The van der Waals surface area contributed by atoms with Crippen molar-refractivity contribution in [3.63, 3.8) is 0 Å². The van der Waals surface area contributed by atoms with E-state index in [-0.39, 0.29) is 11.4 Å². The first-order valence-electron chi connectivity index (χ1n) is 4.60. The van der Waals surface area contributed by atoms with Crippen LogP contribution in [0.1, 0.15) is 6.92 Å². The fourth-order valence-electron chi connectivity index (χ4n) is 1.10. The Morgan fingerprint density at radius 3 is 2.56 bits per heavy atom. The summed E-state index contributed by atoms with van der Waals surface area (Å²) in [4.78, 5) is 0.260. The first-order chi connectivity index (χ1) is 7.50. The van der Waals surface area contributed by atoms with Crippen molar-refractivity contribution in [1.82, 2.24) is 4.31 Å². The summed E-state index contributed by atoms with van der Waals surface area (Å²) in [5.74, 6) is 5.39. The zero-order chi connectivity index (χ0) is 12.2. The number of halogens is 1. The Balaban J connectivity index is 3.10. The Labute approximate surface area is 105 Å². The lowest BCUT2D eigenvalue weighted by atomic mass is 10.4. The second kappa shape index (κ2) is 5.48. The predicted molar refractivity (Wildman–Crippen MR) is 67.4 cm³/mol. The van der Waals surface area contributed by atoms with Gasteiger partial charge in [-0.25, -0.2) is 8.42 Å². The molecule has 0 bridgehead atoms. The lowest BCUT2D eigenvalue weighted by Crippen LogP contribution is -2.27. The largest absolute Gasteiger partial charge is 0.244 e. The minimum Gasteiger partial charge on any atom is -0.207 e. The molecule has 0 N–H and O–H groups in total. The zero-order valence-corrected chi connectivity index (χ0v) is 11.5. The van der Waals surface area contributed by atoms with Crippen molar-refractivity contribution < 1.29 is 8.42 Å². The average Bonchev–Trinajstić information content (AvgIpc) is 2.26. The second-order valence-electron chi connectivity index (χ2n) is 3.12. The van der Waals surface area contributed by atoms with E-state index in [2.05, 4.69) is 27.8 Å². The summed E-state index contributed by atoms with van der Waals surface area (Å²) in [7, 11) is -1.94. The molecule has 16 heavy (non-hydrogen) atoms. The third-order valence-electron chi connectivity index (χ3n) is 2.00. The Bertz CT molecular complexity index is 528. The van der Waals surface area contributed by atoms with Gasteiger partial charge in [-0.15, -0.1) is 5.92 Å². The quantitative estimate of drug-likeness (QED) is 0.802. The van der Waals surface area contributed by atoms with E-state index in [1.165, 1.54) is 11.4 Å². The predicted octanol–water partition coefficient (Wildman–Crippen LogP) is 2.09. The molecule has 0 spiro atoms. The molecule has 0 aromatic heterocycles. The van der Waals surface area contributed by atoms with Gasteiger partial charge in [-0.2, -0.15) is 4.31 Å². The van der Waals surface area contributed by atoms with Gasteiger partial charge in [-0.05, 0) is 35.0 Å². The van der Waals surface area contributed by atoms with Crippen molar-refractivity contribution in [2.75, 3.05) is 13.6 Å². The van der Waals surface area contributed by atoms with Crippen molar-refractivity contribution in [3.05, 3.63) is 28.7 Å². The van der Waals surface area contributed by atoms with Crippen LogP contribution in [-0.4, -0.2) is 26.3 Å². The Hall–Kier alpha value is -0.830. The molecule has 0 unspecified atom stereocenters. The topological polar surface area (TPSA) is 37.4 Å². The van der Waals surface area contributed by atoms with Crippen LogP contribution in [0.25, 0.3) is 0 Å². The molecule has 1 aromatic carbocycles. The highest BCUT2D eigenvalue weighted by Crippen LogP contribution is 2.23. The maximum absolute atomic E-state index is 12.1. The van der Waals surface area contributed by atoms with Crippen molar-refractivity contribution >= 4 is 26.0 Å². The molecule has 0 fully saturated rings. The number of hydrogen-bond acceptors (Lipinski definition) is 2. The summed E-state index contributed by atoms with van der Waals surface area (Å²) in [6, 6.07) is 6.73. The summed E-state index contributed by atoms with van der Waals surface area (Å²) < 4.78 is 26.0. The van der Waals surface area contributed by atoms with Crippen LogP contribution in [0, 0.1) is 11.8 Å². The molecule has 0 saturated heterocycles. The van der Waals surface area contributed by atoms with Gasteiger partial charge < -0.3 is 0 Å². The average molecular weight is 302 g/mol. The SMILES string of the molecule is CC#CCN(C)S(=O)(=O)c1ccccc1Br. The Kier molecular flexibility index (Phi) is 4.54. The van der Waals surface area contributed by atoms with E-state index in [4.69, 9.17) is 0 Å². The van der Waals surface area contributed by atoms with E-state index in [9.17, 15) is 8.42 Å². The number of sulfonamides is 1. The smallest absolute Gasteiger partial charge is 0.207 e. The molecule has 1 aromatic rings. The van der Waals surface area contributed by atoms with Gasteiger partial charge in [0.05, 0.1) is 11.4 Å². The van der Waals surface area contributed by atoms with Crippen LogP contribution in [0.2, 0.25) is 0 Å². The summed E-state index contributed by atoms with van der Waals surface area (Å²) >= 11 is 3.23. The molecule has 0 amide bonds. The normalized spacial score (nSPS) is 11.0. The lowest BCUT2D eigenvalue weighted by molar-refractivity contribution is 0.502. The van der Waals surface area contributed by atoms with Gasteiger partial charge >= 0.3 is 0 Å². The number of rotatable bonds is 3. The van der Waals surface area contributed by atoms with Crippen LogP contribution >= 0.6 is 15.9 Å². The number of hydrogen-bond donors (Lipinski definition) is 0. The zero-order valence-electron chi connectivity index (χ0n) is 9.07. The first kappa shape index (κ1) is 13.2. The Morgan fingerprint density at radius 2 is 2.00 bits per heavy atom. The van der Waals surface area contributed by atoms with Crippen LogP contribution in [0.15, 0.2) is 33.6 Å². The molecule has 0 saturated carbocycles. The maximum atomic E-state index is 12.1. The summed E-state index contributed by atoms with van der Waals surface area (Å²) in [5.41, 5.74) is 0. The van der Waals surface area contributed by atoms with Gasteiger partial charge in [-0.1, -0.05) is 18.1 Å². The fourth-order valence-corrected chi connectivity index (χ4v) is 3.13. The van der Waals surface area contributed by atoms with E-state index < -0.39 is 10.0 Å².